The fraction of sp³-hybridized carbons (Fsp3) is 0.571. The molecule has 0 aliphatic rings. The molecule has 0 aliphatic carbocycles. The molecular weight excluding hydrogens is 182 g/mol. The van der Waals surface area contributed by atoms with Crippen LogP contribution in [0.5, 0.6) is 0 Å². The van der Waals surface area contributed by atoms with E-state index in [1.807, 2.05) is 13.8 Å². The van der Waals surface area contributed by atoms with E-state index in [1.54, 1.807) is 0 Å². The first-order valence-corrected chi connectivity index (χ1v) is 6.07. The van der Waals surface area contributed by atoms with Gasteiger partial charge in [-0.25, -0.2) is 0 Å². The van der Waals surface area contributed by atoms with Crippen LogP contribution in [0.25, 0.3) is 0 Å². The summed E-state index contributed by atoms with van der Waals surface area (Å²) in [6, 6.07) is 6.36. The van der Waals surface area contributed by atoms with Gasteiger partial charge in [-0.1, -0.05) is 52.8 Å². The van der Waals surface area contributed by atoms with Gasteiger partial charge in [-0.3, -0.25) is 0 Å². The molecule has 0 amide bonds. The lowest BCUT2D eigenvalue weighted by Crippen LogP contribution is -2.01. The lowest BCUT2D eigenvalue weighted by atomic mass is 9.94. The molecule has 0 fully saturated rings. The summed E-state index contributed by atoms with van der Waals surface area (Å²) in [4.78, 5) is 0. The van der Waals surface area contributed by atoms with Crippen molar-refractivity contribution in [3.05, 3.63) is 29.3 Å². The zero-order valence-corrected chi connectivity index (χ0v) is 10.8. The van der Waals surface area contributed by atoms with E-state index in [4.69, 9.17) is 5.73 Å². The molecule has 0 heterocycles. The van der Waals surface area contributed by atoms with Gasteiger partial charge in [0, 0.05) is 5.69 Å². The molecule has 1 heteroatoms. The summed E-state index contributed by atoms with van der Waals surface area (Å²) >= 11 is 0. The van der Waals surface area contributed by atoms with Crippen LogP contribution >= 0.6 is 0 Å². The molecule has 0 saturated heterocycles. The molecule has 86 valence electrons. The molecule has 1 rings (SSSR count). The van der Waals surface area contributed by atoms with E-state index >= 15 is 0 Å². The molecule has 15 heavy (non-hydrogen) atoms. The predicted molar refractivity (Wildman–Crippen MR) is 70.3 cm³/mol. The van der Waals surface area contributed by atoms with Crippen molar-refractivity contribution >= 4 is 5.69 Å². The molecule has 0 saturated carbocycles. The van der Waals surface area contributed by atoms with Gasteiger partial charge in [0.2, 0.25) is 0 Å². The number of anilines is 1. The van der Waals surface area contributed by atoms with Gasteiger partial charge in [0.15, 0.2) is 0 Å². The number of hydrogen-bond acceptors (Lipinski definition) is 1. The summed E-state index contributed by atoms with van der Waals surface area (Å²) in [5, 5.41) is 0. The number of aryl methyl sites for hydroxylation is 1. The van der Waals surface area contributed by atoms with Crippen LogP contribution in [0.3, 0.4) is 0 Å². The largest absolute Gasteiger partial charge is 0.398 e. The highest BCUT2D eigenvalue weighted by atomic mass is 14.6. The van der Waals surface area contributed by atoms with Crippen LogP contribution in [-0.2, 0) is 6.42 Å². The predicted octanol–water partition coefficient (Wildman–Crippen LogP) is 4.37. The van der Waals surface area contributed by atoms with Crippen molar-refractivity contribution in [1.29, 1.82) is 0 Å². The Hall–Kier alpha value is -0.980. The van der Waals surface area contributed by atoms with E-state index in [-0.39, 0.29) is 0 Å². The molecule has 0 radical (unpaired) electrons. The summed E-state index contributed by atoms with van der Waals surface area (Å²) in [6.45, 7) is 10.6. The van der Waals surface area contributed by atoms with Crippen LogP contribution in [0, 0.1) is 0 Å². The smallest absolute Gasteiger partial charge is 0.0381 e. The fourth-order valence-electron chi connectivity index (χ4n) is 1.59. The van der Waals surface area contributed by atoms with Gasteiger partial charge in [0.05, 0.1) is 0 Å². The molecule has 1 nitrogen and oxygen atoms in total. The maximum atomic E-state index is 6.07. The molecule has 0 bridgehead atoms. The third-order valence-electron chi connectivity index (χ3n) is 2.75. The summed E-state index contributed by atoms with van der Waals surface area (Å²) in [6.07, 6.45) is 2.17. The Morgan fingerprint density at radius 1 is 1.20 bits per heavy atom. The van der Waals surface area contributed by atoms with Gasteiger partial charge >= 0.3 is 0 Å². The summed E-state index contributed by atoms with van der Waals surface area (Å²) in [7, 11) is 0. The van der Waals surface area contributed by atoms with Crippen molar-refractivity contribution in [3.63, 3.8) is 0 Å². The van der Waals surface area contributed by atoms with Crippen molar-refractivity contribution in [3.8, 4) is 0 Å². The van der Waals surface area contributed by atoms with E-state index in [0.29, 0.717) is 5.92 Å². The summed E-state index contributed by atoms with van der Waals surface area (Å²) in [5.74, 6) is 0.575. The number of nitrogen functional groups attached to an aromatic ring is 1. The van der Waals surface area contributed by atoms with Gasteiger partial charge in [-0.2, -0.15) is 0 Å². The monoisotopic (exact) mass is 207 g/mol. The van der Waals surface area contributed by atoms with Crippen molar-refractivity contribution in [2.24, 2.45) is 0 Å². The van der Waals surface area contributed by atoms with Crippen molar-refractivity contribution in [1.82, 2.24) is 0 Å². The van der Waals surface area contributed by atoms with Crippen molar-refractivity contribution in [2.75, 3.05) is 5.73 Å². The molecule has 1 unspecified atom stereocenters. The van der Waals surface area contributed by atoms with Gasteiger partial charge < -0.3 is 5.73 Å². The second kappa shape index (κ2) is 7.33. The van der Waals surface area contributed by atoms with E-state index in [9.17, 15) is 0 Å². The molecule has 1 aromatic rings. The van der Waals surface area contributed by atoms with Gasteiger partial charge in [-0.15, -0.1) is 0 Å². The molecule has 0 spiro atoms. The Labute approximate surface area is 94.7 Å². The number of rotatable bonds is 3. The SMILES string of the molecule is CC.CCc1cccc(C(C)CC)c1N. The third kappa shape index (κ3) is 3.58. The Morgan fingerprint density at radius 2 is 1.80 bits per heavy atom. The highest BCUT2D eigenvalue weighted by Gasteiger charge is 2.08. The third-order valence-corrected chi connectivity index (χ3v) is 2.75. The first-order valence-electron chi connectivity index (χ1n) is 6.07. The molecule has 1 aromatic carbocycles. The van der Waals surface area contributed by atoms with E-state index in [2.05, 4.69) is 39.0 Å². The minimum Gasteiger partial charge on any atom is -0.398 e. The van der Waals surface area contributed by atoms with Crippen molar-refractivity contribution in [2.45, 2.75) is 53.4 Å². The first kappa shape index (κ1) is 14.0. The Morgan fingerprint density at radius 3 is 2.27 bits per heavy atom. The Bertz CT molecular complexity index is 279. The quantitative estimate of drug-likeness (QED) is 0.732. The lowest BCUT2D eigenvalue weighted by Gasteiger charge is -2.14. The highest BCUT2D eigenvalue weighted by molar-refractivity contribution is 5.55. The Kier molecular flexibility index (Phi) is 6.85. The number of nitrogens with two attached hydrogens (primary N) is 1. The zero-order chi connectivity index (χ0) is 11.8. The van der Waals surface area contributed by atoms with E-state index in [1.165, 1.54) is 11.1 Å². The minimum absolute atomic E-state index is 0.575. The van der Waals surface area contributed by atoms with Gasteiger partial charge in [-0.05, 0) is 29.9 Å². The van der Waals surface area contributed by atoms with Crippen molar-refractivity contribution < 1.29 is 0 Å². The number of hydrogen-bond donors (Lipinski definition) is 1. The highest BCUT2D eigenvalue weighted by Crippen LogP contribution is 2.27. The molecule has 1 atom stereocenters. The maximum Gasteiger partial charge on any atom is 0.0381 e. The summed E-state index contributed by atoms with van der Waals surface area (Å²) < 4.78 is 0. The van der Waals surface area contributed by atoms with Crippen LogP contribution in [0.1, 0.15) is 58.1 Å². The van der Waals surface area contributed by atoms with E-state index in [0.717, 1.165) is 18.5 Å². The van der Waals surface area contributed by atoms with Crippen LogP contribution in [0.15, 0.2) is 18.2 Å². The Balaban J connectivity index is 0.000000921. The summed E-state index contributed by atoms with van der Waals surface area (Å²) in [5.41, 5.74) is 9.65. The zero-order valence-electron chi connectivity index (χ0n) is 10.8. The van der Waals surface area contributed by atoms with Crippen LogP contribution in [0.2, 0.25) is 0 Å². The van der Waals surface area contributed by atoms with Crippen LogP contribution < -0.4 is 5.73 Å². The standard InChI is InChI=1S/C12H19N.C2H6/c1-4-9(3)11-8-6-7-10(5-2)12(11)13;1-2/h6-9H,4-5,13H2,1-3H3;1-2H3. The molecule has 0 aromatic heterocycles. The molecular formula is C14H25N. The maximum absolute atomic E-state index is 6.07. The van der Waals surface area contributed by atoms with Gasteiger partial charge in [0.1, 0.15) is 0 Å². The topological polar surface area (TPSA) is 26.0 Å². The average Bonchev–Trinajstić information content (AvgIpc) is 2.31. The van der Waals surface area contributed by atoms with Crippen LogP contribution in [0.4, 0.5) is 5.69 Å². The minimum atomic E-state index is 0.575. The number of benzene rings is 1. The lowest BCUT2D eigenvalue weighted by molar-refractivity contribution is 0.734. The molecule has 2 N–H and O–H groups in total. The molecule has 0 aliphatic heterocycles. The van der Waals surface area contributed by atoms with E-state index < -0.39 is 0 Å². The second-order valence-electron chi connectivity index (χ2n) is 3.58. The van der Waals surface area contributed by atoms with Crippen LogP contribution in [-0.4, -0.2) is 0 Å². The first-order chi connectivity index (χ1) is 7.20. The fourth-order valence-corrected chi connectivity index (χ4v) is 1.59. The number of para-hydroxylation sites is 1. The average molecular weight is 207 g/mol. The normalized spacial score (nSPS) is 11.5. The van der Waals surface area contributed by atoms with Gasteiger partial charge in [0.25, 0.3) is 0 Å². The second-order valence-corrected chi connectivity index (χ2v) is 3.58.